The molecule has 1 fully saturated rings. The van der Waals surface area contributed by atoms with Crippen molar-refractivity contribution in [1.82, 2.24) is 14.9 Å². The zero-order chi connectivity index (χ0) is 14.7. The van der Waals surface area contributed by atoms with Crippen molar-refractivity contribution in [1.29, 1.82) is 0 Å². The Labute approximate surface area is 125 Å². The van der Waals surface area contributed by atoms with E-state index in [1.165, 1.54) is 12.1 Å². The second kappa shape index (κ2) is 6.17. The van der Waals surface area contributed by atoms with Gasteiger partial charge >= 0.3 is 6.03 Å². The average molecular weight is 306 g/mol. The van der Waals surface area contributed by atoms with Crippen LogP contribution in [0.15, 0.2) is 29.9 Å². The molecule has 7 heteroatoms. The van der Waals surface area contributed by atoms with Crippen molar-refractivity contribution in [2.45, 2.75) is 18.8 Å². The maximum Gasteiger partial charge on any atom is 0.323 e. The highest BCUT2D eigenvalue weighted by atomic mass is 32.1. The number of nitrogens with zero attached hydrogens (tertiary/aromatic N) is 3. The molecular weight excluding hydrogens is 291 g/mol. The molecule has 110 valence electrons. The second-order valence-corrected chi connectivity index (χ2v) is 5.87. The summed E-state index contributed by atoms with van der Waals surface area (Å²) >= 11 is 1.63. The van der Waals surface area contributed by atoms with E-state index >= 15 is 0 Å². The van der Waals surface area contributed by atoms with Crippen LogP contribution in [0.3, 0.4) is 0 Å². The summed E-state index contributed by atoms with van der Waals surface area (Å²) in [6, 6.07) is 2.53. The zero-order valence-corrected chi connectivity index (χ0v) is 12.1. The largest absolute Gasteiger partial charge is 0.324 e. The molecule has 2 aromatic rings. The van der Waals surface area contributed by atoms with Gasteiger partial charge in [0.2, 0.25) is 0 Å². The van der Waals surface area contributed by atoms with Crippen LogP contribution in [0.5, 0.6) is 0 Å². The summed E-state index contributed by atoms with van der Waals surface area (Å²) in [5.41, 5.74) is 0. The zero-order valence-electron chi connectivity index (χ0n) is 11.3. The van der Waals surface area contributed by atoms with Gasteiger partial charge in [0.05, 0.1) is 11.2 Å². The van der Waals surface area contributed by atoms with Gasteiger partial charge in [-0.25, -0.2) is 19.2 Å². The number of piperidine rings is 1. The van der Waals surface area contributed by atoms with E-state index in [0.717, 1.165) is 30.6 Å². The first-order valence-corrected chi connectivity index (χ1v) is 7.67. The lowest BCUT2D eigenvalue weighted by Crippen LogP contribution is -2.41. The Bertz CT molecular complexity index is 602. The molecule has 0 bridgehead atoms. The molecule has 3 heterocycles. The fourth-order valence-corrected chi connectivity index (χ4v) is 3.21. The number of hydrogen-bond donors (Lipinski definition) is 1. The van der Waals surface area contributed by atoms with Crippen molar-refractivity contribution in [2.24, 2.45) is 0 Å². The molecule has 0 aromatic carbocycles. The number of amides is 2. The Morgan fingerprint density at radius 3 is 3.05 bits per heavy atom. The number of carbonyl (C=O) groups is 1. The van der Waals surface area contributed by atoms with Crippen LogP contribution in [0.1, 0.15) is 23.8 Å². The van der Waals surface area contributed by atoms with Crippen molar-refractivity contribution in [3.8, 4) is 0 Å². The van der Waals surface area contributed by atoms with Gasteiger partial charge in [0.15, 0.2) is 0 Å². The Morgan fingerprint density at radius 2 is 2.33 bits per heavy atom. The molecule has 0 radical (unpaired) electrons. The molecule has 1 saturated heterocycles. The molecule has 0 spiro atoms. The Hall–Kier alpha value is -2.02. The third-order valence-corrected chi connectivity index (χ3v) is 4.41. The van der Waals surface area contributed by atoms with Crippen LogP contribution in [0.4, 0.5) is 15.0 Å². The minimum absolute atomic E-state index is 0.199. The fourth-order valence-electron chi connectivity index (χ4n) is 2.44. The van der Waals surface area contributed by atoms with Crippen LogP contribution < -0.4 is 5.32 Å². The van der Waals surface area contributed by atoms with Gasteiger partial charge in [-0.3, -0.25) is 5.32 Å². The molecule has 5 nitrogen and oxygen atoms in total. The minimum Gasteiger partial charge on any atom is -0.324 e. The smallest absolute Gasteiger partial charge is 0.323 e. The van der Waals surface area contributed by atoms with Gasteiger partial charge in [-0.1, -0.05) is 0 Å². The van der Waals surface area contributed by atoms with E-state index in [1.54, 1.807) is 22.4 Å². The monoisotopic (exact) mass is 306 g/mol. The lowest BCUT2D eigenvalue weighted by Gasteiger charge is -2.31. The minimum atomic E-state index is -0.421. The number of thiazole rings is 1. The Balaban J connectivity index is 1.63. The molecule has 0 unspecified atom stereocenters. The lowest BCUT2D eigenvalue weighted by atomic mass is 9.99. The summed E-state index contributed by atoms with van der Waals surface area (Å²) in [7, 11) is 0. The molecule has 3 rings (SSSR count). The number of carbonyl (C=O) groups excluding carboxylic acids is 1. The van der Waals surface area contributed by atoms with E-state index in [9.17, 15) is 9.18 Å². The highest BCUT2D eigenvalue weighted by Crippen LogP contribution is 2.28. The lowest BCUT2D eigenvalue weighted by molar-refractivity contribution is 0.192. The average Bonchev–Trinajstić information content (AvgIpc) is 3.04. The van der Waals surface area contributed by atoms with Gasteiger partial charge in [0.1, 0.15) is 11.6 Å². The van der Waals surface area contributed by atoms with E-state index in [0.29, 0.717) is 18.3 Å². The highest BCUT2D eigenvalue weighted by molar-refractivity contribution is 7.09. The third kappa shape index (κ3) is 3.36. The molecule has 0 saturated carbocycles. The van der Waals surface area contributed by atoms with E-state index in [4.69, 9.17) is 0 Å². The molecule has 0 aliphatic carbocycles. The van der Waals surface area contributed by atoms with Crippen LogP contribution in [0, 0.1) is 5.82 Å². The Kier molecular flexibility index (Phi) is 4.10. The van der Waals surface area contributed by atoms with Gasteiger partial charge in [-0.05, 0) is 25.0 Å². The number of rotatable bonds is 2. The summed E-state index contributed by atoms with van der Waals surface area (Å²) in [6.07, 6.45) is 4.88. The Morgan fingerprint density at radius 1 is 1.43 bits per heavy atom. The number of hydrogen-bond acceptors (Lipinski definition) is 4. The van der Waals surface area contributed by atoms with Gasteiger partial charge in [0, 0.05) is 30.6 Å². The van der Waals surface area contributed by atoms with Crippen LogP contribution >= 0.6 is 11.3 Å². The van der Waals surface area contributed by atoms with E-state index < -0.39 is 5.82 Å². The summed E-state index contributed by atoms with van der Waals surface area (Å²) < 4.78 is 12.8. The number of pyridine rings is 1. The van der Waals surface area contributed by atoms with Crippen molar-refractivity contribution < 1.29 is 9.18 Å². The van der Waals surface area contributed by atoms with Crippen molar-refractivity contribution in [2.75, 3.05) is 18.4 Å². The molecule has 1 N–H and O–H groups in total. The first-order valence-electron chi connectivity index (χ1n) is 6.79. The van der Waals surface area contributed by atoms with Gasteiger partial charge in [0.25, 0.3) is 0 Å². The molecule has 1 atom stereocenters. The number of anilines is 1. The quantitative estimate of drug-likeness (QED) is 0.927. The number of nitrogens with one attached hydrogen (secondary N) is 1. The molecule has 2 amide bonds. The first-order chi connectivity index (χ1) is 10.2. The van der Waals surface area contributed by atoms with Gasteiger partial charge in [-0.15, -0.1) is 11.3 Å². The van der Waals surface area contributed by atoms with Gasteiger partial charge < -0.3 is 4.90 Å². The summed E-state index contributed by atoms with van der Waals surface area (Å²) in [5, 5.41) is 5.73. The topological polar surface area (TPSA) is 58.1 Å². The molecular formula is C14H15FN4OS. The van der Waals surface area contributed by atoms with E-state index in [-0.39, 0.29) is 6.03 Å². The first kappa shape index (κ1) is 13.9. The highest BCUT2D eigenvalue weighted by Gasteiger charge is 2.26. The molecule has 2 aromatic heterocycles. The summed E-state index contributed by atoms with van der Waals surface area (Å²) in [6.45, 7) is 1.37. The second-order valence-electron chi connectivity index (χ2n) is 4.95. The molecule has 1 aliphatic heterocycles. The molecule has 1 aliphatic rings. The number of aromatic nitrogens is 2. The van der Waals surface area contributed by atoms with Crippen LogP contribution in [-0.4, -0.2) is 34.0 Å². The predicted octanol–water partition coefficient (Wildman–Crippen LogP) is 3.09. The number of halogens is 1. The maximum absolute atomic E-state index is 12.8. The third-order valence-electron chi connectivity index (χ3n) is 3.47. The van der Waals surface area contributed by atoms with Crippen molar-refractivity contribution in [3.05, 3.63) is 40.7 Å². The van der Waals surface area contributed by atoms with E-state index in [1.807, 2.05) is 5.38 Å². The van der Waals surface area contributed by atoms with Crippen LogP contribution in [0.25, 0.3) is 0 Å². The fraction of sp³-hybridized carbons (Fsp3) is 0.357. The SMILES string of the molecule is O=C(Nc1ccc(F)cn1)N1CCC[C@H](c2nccs2)C1. The van der Waals surface area contributed by atoms with E-state index in [2.05, 4.69) is 15.3 Å². The summed E-state index contributed by atoms with van der Waals surface area (Å²) in [5.74, 6) is 0.234. The predicted molar refractivity (Wildman–Crippen MR) is 78.9 cm³/mol. The van der Waals surface area contributed by atoms with Crippen molar-refractivity contribution >= 4 is 23.2 Å². The molecule has 21 heavy (non-hydrogen) atoms. The standard InChI is InChI=1S/C14H15FN4OS/c15-11-3-4-12(17-8-11)18-14(20)19-6-1-2-10(9-19)13-16-5-7-21-13/h3-5,7-8,10H,1-2,6,9H2,(H,17,18,20)/t10-/m0/s1. The van der Waals surface area contributed by atoms with Crippen LogP contribution in [0.2, 0.25) is 0 Å². The van der Waals surface area contributed by atoms with Crippen LogP contribution in [-0.2, 0) is 0 Å². The normalized spacial score (nSPS) is 18.5. The summed E-state index contributed by atoms with van der Waals surface area (Å²) in [4.78, 5) is 22.2. The number of urea groups is 1. The van der Waals surface area contributed by atoms with Crippen molar-refractivity contribution in [3.63, 3.8) is 0 Å². The van der Waals surface area contributed by atoms with Gasteiger partial charge in [-0.2, -0.15) is 0 Å². The number of likely N-dealkylation sites (tertiary alicyclic amines) is 1. The maximum atomic E-state index is 12.8.